The number of halogens is 1. The molecule has 1 atom stereocenters. The molecule has 0 aliphatic rings. The van der Waals surface area contributed by atoms with Crippen LogP contribution in [0.2, 0.25) is 5.02 Å². The quantitative estimate of drug-likeness (QED) is 0.246. The number of ether oxygens (including phenoxy) is 2. The number of carbonyl (C=O) groups excluding carboxylic acids is 2. The van der Waals surface area contributed by atoms with Crippen LogP contribution in [0.25, 0.3) is 0 Å². The van der Waals surface area contributed by atoms with Crippen molar-refractivity contribution in [1.29, 1.82) is 0 Å². The monoisotopic (exact) mass is 492 g/mol. The number of benzene rings is 1. The van der Waals surface area contributed by atoms with Gasteiger partial charge in [-0.05, 0) is 30.5 Å². The minimum atomic E-state index is -0.503. The molecule has 1 amide bonds. The van der Waals surface area contributed by atoms with Gasteiger partial charge in [0.25, 0.3) is 0 Å². The highest BCUT2D eigenvalue weighted by Crippen LogP contribution is 2.30. The number of esters is 1. The summed E-state index contributed by atoms with van der Waals surface area (Å²) in [5, 5.41) is 14.4. The van der Waals surface area contributed by atoms with E-state index in [1.54, 1.807) is 29.7 Å². The number of hydrogen-bond acceptors (Lipinski definition) is 8. The van der Waals surface area contributed by atoms with Gasteiger partial charge in [0.15, 0.2) is 17.1 Å². The van der Waals surface area contributed by atoms with Crippen LogP contribution in [0.15, 0.2) is 53.5 Å². The van der Waals surface area contributed by atoms with Crippen LogP contribution in [0.4, 0.5) is 5.00 Å². The van der Waals surface area contributed by atoms with Gasteiger partial charge in [0.05, 0.1) is 23.4 Å². The van der Waals surface area contributed by atoms with Crippen molar-refractivity contribution in [3.63, 3.8) is 0 Å². The number of thioether (sulfide) groups is 1. The van der Waals surface area contributed by atoms with Gasteiger partial charge in [-0.25, -0.2) is 4.79 Å². The maximum absolute atomic E-state index is 12.4. The summed E-state index contributed by atoms with van der Waals surface area (Å²) in [5.74, 6) is 0.419. The van der Waals surface area contributed by atoms with E-state index in [-0.39, 0.29) is 11.7 Å². The van der Waals surface area contributed by atoms with Gasteiger partial charge >= 0.3 is 5.97 Å². The van der Waals surface area contributed by atoms with Gasteiger partial charge < -0.3 is 14.8 Å². The normalized spacial score (nSPS) is 11.6. The molecule has 0 radical (unpaired) electrons. The molecule has 0 aliphatic carbocycles. The Morgan fingerprint density at radius 1 is 1.34 bits per heavy atom. The van der Waals surface area contributed by atoms with E-state index >= 15 is 0 Å². The first-order valence-electron chi connectivity index (χ1n) is 9.48. The van der Waals surface area contributed by atoms with E-state index in [9.17, 15) is 9.59 Å². The van der Waals surface area contributed by atoms with Crippen molar-refractivity contribution in [2.75, 3.05) is 18.2 Å². The van der Waals surface area contributed by atoms with E-state index in [0.29, 0.717) is 38.9 Å². The highest BCUT2D eigenvalue weighted by Gasteiger charge is 2.21. The number of aromatic nitrogens is 3. The molecule has 0 fully saturated rings. The van der Waals surface area contributed by atoms with E-state index < -0.39 is 12.1 Å². The van der Waals surface area contributed by atoms with Gasteiger partial charge in [0.2, 0.25) is 5.91 Å². The van der Waals surface area contributed by atoms with Gasteiger partial charge in [-0.15, -0.1) is 28.1 Å². The largest absolute Gasteiger partial charge is 0.481 e. The highest BCUT2D eigenvalue weighted by atomic mass is 35.5. The molecule has 0 saturated carbocycles. The van der Waals surface area contributed by atoms with E-state index in [4.69, 9.17) is 21.1 Å². The average Bonchev–Trinajstić information content (AvgIpc) is 3.40. The standard InChI is InChI=1S/C21H21ClN4O4S2/c1-4-10-26-18(13(2)30-16-8-6-5-7-15(16)22)24-25-21(26)32-12-17(27)23-19-14(9-11-31-19)20(28)29-3/h4-9,11,13H,1,10,12H2,2-3H3,(H,23,27). The predicted molar refractivity (Wildman–Crippen MR) is 126 cm³/mol. The number of allylic oxidation sites excluding steroid dienone is 1. The molecular formula is C21H21ClN4O4S2. The van der Waals surface area contributed by atoms with Crippen LogP contribution in [0.5, 0.6) is 5.75 Å². The minimum Gasteiger partial charge on any atom is -0.481 e. The second-order valence-electron chi connectivity index (χ2n) is 6.42. The smallest absolute Gasteiger partial charge is 0.340 e. The first kappa shape index (κ1) is 23.8. The number of methoxy groups -OCH3 is 1. The van der Waals surface area contributed by atoms with Gasteiger partial charge in [0, 0.05) is 6.54 Å². The molecule has 3 rings (SSSR count). The molecule has 1 aromatic carbocycles. The van der Waals surface area contributed by atoms with Crippen LogP contribution in [0, 0.1) is 0 Å². The van der Waals surface area contributed by atoms with Crippen molar-refractivity contribution < 1.29 is 19.1 Å². The Kier molecular flexibility index (Phi) is 8.32. The van der Waals surface area contributed by atoms with Crippen LogP contribution in [-0.2, 0) is 16.1 Å². The molecule has 0 saturated heterocycles. The topological polar surface area (TPSA) is 95.3 Å². The van der Waals surface area contributed by atoms with Gasteiger partial charge in [-0.3, -0.25) is 9.36 Å². The highest BCUT2D eigenvalue weighted by molar-refractivity contribution is 7.99. The zero-order valence-corrected chi connectivity index (χ0v) is 19.8. The van der Waals surface area contributed by atoms with Crippen molar-refractivity contribution >= 4 is 51.6 Å². The SMILES string of the molecule is C=CCn1c(SCC(=O)Nc2sccc2C(=O)OC)nnc1C(C)Oc1ccccc1Cl. The summed E-state index contributed by atoms with van der Waals surface area (Å²) >= 11 is 8.65. The summed E-state index contributed by atoms with van der Waals surface area (Å²) in [7, 11) is 1.29. The Morgan fingerprint density at radius 3 is 2.84 bits per heavy atom. The second-order valence-corrected chi connectivity index (χ2v) is 8.69. The van der Waals surface area contributed by atoms with Crippen LogP contribution < -0.4 is 10.1 Å². The Bertz CT molecular complexity index is 1110. The summed E-state index contributed by atoms with van der Waals surface area (Å²) in [6, 6.07) is 8.79. The number of anilines is 1. The van der Waals surface area contributed by atoms with Crippen molar-refractivity contribution in [3.8, 4) is 5.75 Å². The second kappa shape index (κ2) is 11.2. The number of hydrogen-bond donors (Lipinski definition) is 1. The maximum Gasteiger partial charge on any atom is 0.340 e. The number of nitrogens with zero attached hydrogens (tertiary/aromatic N) is 3. The van der Waals surface area contributed by atoms with E-state index in [1.165, 1.54) is 30.2 Å². The van der Waals surface area contributed by atoms with Gasteiger partial charge in [-0.2, -0.15) is 0 Å². The Hall–Kier alpha value is -2.82. The van der Waals surface area contributed by atoms with Gasteiger partial charge in [0.1, 0.15) is 10.8 Å². The summed E-state index contributed by atoms with van der Waals surface area (Å²) in [6.45, 7) is 6.08. The fourth-order valence-corrected chi connectivity index (χ4v) is 4.49. The number of carbonyl (C=O) groups is 2. The molecule has 8 nitrogen and oxygen atoms in total. The molecule has 0 spiro atoms. The molecular weight excluding hydrogens is 472 g/mol. The lowest BCUT2D eigenvalue weighted by molar-refractivity contribution is -0.113. The molecule has 0 bridgehead atoms. The van der Waals surface area contributed by atoms with Crippen molar-refractivity contribution in [1.82, 2.24) is 14.8 Å². The molecule has 2 heterocycles. The summed E-state index contributed by atoms with van der Waals surface area (Å²) in [5.41, 5.74) is 0.318. The Morgan fingerprint density at radius 2 is 2.12 bits per heavy atom. The number of amides is 1. The van der Waals surface area contributed by atoms with Crippen LogP contribution in [0.1, 0.15) is 29.2 Å². The van der Waals surface area contributed by atoms with E-state index in [2.05, 4.69) is 22.1 Å². The fourth-order valence-electron chi connectivity index (χ4n) is 2.76. The molecule has 11 heteroatoms. The zero-order chi connectivity index (χ0) is 23.1. The maximum atomic E-state index is 12.4. The first-order chi connectivity index (χ1) is 15.4. The lowest BCUT2D eigenvalue weighted by Crippen LogP contribution is -2.16. The Balaban J connectivity index is 1.68. The molecule has 168 valence electrons. The molecule has 32 heavy (non-hydrogen) atoms. The minimum absolute atomic E-state index is 0.0769. The predicted octanol–water partition coefficient (Wildman–Crippen LogP) is 4.84. The van der Waals surface area contributed by atoms with Crippen molar-refractivity contribution in [3.05, 3.63) is 64.8 Å². The average molecular weight is 493 g/mol. The third kappa shape index (κ3) is 5.70. The Labute approximate surface area is 198 Å². The third-order valence-electron chi connectivity index (χ3n) is 4.22. The molecule has 1 unspecified atom stereocenters. The van der Waals surface area contributed by atoms with E-state index in [0.717, 1.165) is 0 Å². The number of para-hydroxylation sites is 1. The fraction of sp³-hybridized carbons (Fsp3) is 0.238. The third-order valence-corrected chi connectivity index (χ3v) is 6.33. The van der Waals surface area contributed by atoms with Crippen molar-refractivity contribution in [2.24, 2.45) is 0 Å². The van der Waals surface area contributed by atoms with E-state index in [1.807, 2.05) is 23.6 Å². The van der Waals surface area contributed by atoms with Gasteiger partial charge in [-0.1, -0.05) is 41.6 Å². The molecule has 3 aromatic rings. The molecule has 1 N–H and O–H groups in total. The zero-order valence-electron chi connectivity index (χ0n) is 17.4. The summed E-state index contributed by atoms with van der Waals surface area (Å²) in [4.78, 5) is 24.2. The van der Waals surface area contributed by atoms with Crippen LogP contribution in [-0.4, -0.2) is 39.5 Å². The number of thiophene rings is 1. The number of rotatable bonds is 10. The lowest BCUT2D eigenvalue weighted by atomic mass is 10.3. The van der Waals surface area contributed by atoms with Crippen LogP contribution >= 0.6 is 34.7 Å². The van der Waals surface area contributed by atoms with Crippen LogP contribution in [0.3, 0.4) is 0 Å². The number of nitrogens with one attached hydrogen (secondary N) is 1. The molecule has 2 aromatic heterocycles. The summed E-state index contributed by atoms with van der Waals surface area (Å²) < 4.78 is 12.5. The first-order valence-corrected chi connectivity index (χ1v) is 11.7. The summed E-state index contributed by atoms with van der Waals surface area (Å²) in [6.07, 6.45) is 1.28. The van der Waals surface area contributed by atoms with Crippen molar-refractivity contribution in [2.45, 2.75) is 24.7 Å². The lowest BCUT2D eigenvalue weighted by Gasteiger charge is -2.16. The molecule has 0 aliphatic heterocycles.